The Morgan fingerprint density at radius 2 is 1.04 bits per heavy atom. The monoisotopic (exact) mass is 917 g/mol. The van der Waals surface area contributed by atoms with E-state index in [9.17, 15) is 0 Å². The first-order valence-electron chi connectivity index (χ1n) is 16.1. The quantitative estimate of drug-likeness (QED) is 0.0717. The summed E-state index contributed by atoms with van der Waals surface area (Å²) in [6.07, 6.45) is 10.1. The third-order valence-electron chi connectivity index (χ3n) is 1.94. The Hall–Kier alpha value is 2.91. The van der Waals surface area contributed by atoms with Gasteiger partial charge in [0, 0.05) is 19.6 Å². The molecule has 0 aromatic rings. The lowest BCUT2D eigenvalue weighted by Crippen LogP contribution is -2.22. The van der Waals surface area contributed by atoms with Gasteiger partial charge in [0.1, 0.15) is 19.8 Å². The summed E-state index contributed by atoms with van der Waals surface area (Å²) >= 11 is -5.94. The molecule has 0 fully saturated rings. The molecule has 18 heteroatoms. The Balaban J connectivity index is -0.0000000317. The molecule has 0 aliphatic carbocycles. The summed E-state index contributed by atoms with van der Waals surface area (Å²) in [5.74, 6) is 22.5. The first-order chi connectivity index (χ1) is 22.6. The second kappa shape index (κ2) is 98.3. The van der Waals surface area contributed by atoms with Crippen LogP contribution in [0.1, 0.15) is 47.0 Å². The van der Waals surface area contributed by atoms with Gasteiger partial charge in [-0.1, -0.05) is 49.4 Å². The fourth-order valence-corrected chi connectivity index (χ4v) is 2.57. The molecule has 0 saturated heterocycles. The van der Waals surface area contributed by atoms with Gasteiger partial charge in [0.15, 0.2) is 0 Å². The smallest absolute Gasteiger partial charge is 0.588 e. The van der Waals surface area contributed by atoms with Crippen LogP contribution in [0.15, 0.2) is 38.0 Å². The van der Waals surface area contributed by atoms with Gasteiger partial charge in [-0.05, 0) is 13.3 Å². The van der Waals surface area contributed by atoms with E-state index in [1.165, 1.54) is 0 Å². The molecule has 0 aliphatic rings. The van der Waals surface area contributed by atoms with Crippen molar-refractivity contribution in [2.24, 2.45) is 0 Å². The molecule has 49 heavy (non-hydrogen) atoms. The number of allylic oxidation sites excluding steroid dienone is 1. The molecule has 6 nitrogen and oxygen atoms in total. The van der Waals surface area contributed by atoms with Gasteiger partial charge < -0.3 is 57.7 Å². The highest BCUT2D eigenvalue weighted by Gasteiger charge is 2.15. The normalized spacial score (nSPS) is 7.69. The van der Waals surface area contributed by atoms with E-state index in [-0.39, 0.29) is 0 Å². The fraction of sp³-hybridized carbons (Fsp3) is 0.677. The second-order valence-electron chi connectivity index (χ2n) is 9.42. The van der Waals surface area contributed by atoms with Crippen molar-refractivity contribution in [2.75, 3.05) is 19.8 Å². The van der Waals surface area contributed by atoms with Gasteiger partial charge in [0.25, 0.3) is 13.6 Å². The zero-order valence-corrected chi connectivity index (χ0v) is 45.6. The molecule has 3 radical (unpaired) electrons. The van der Waals surface area contributed by atoms with Gasteiger partial charge in [0.2, 0.25) is 0 Å². The van der Waals surface area contributed by atoms with E-state index in [2.05, 4.69) is 86.0 Å². The van der Waals surface area contributed by atoms with E-state index in [1.54, 1.807) is 12.2 Å². The van der Waals surface area contributed by atoms with E-state index in [0.29, 0.717) is 6.61 Å². The molecule has 0 spiro atoms. The van der Waals surface area contributed by atoms with Gasteiger partial charge in [-0.15, -0.1) is 19.7 Å². The molecule has 0 rings (SSSR count). The first kappa shape index (κ1) is 84.5. The Kier molecular flexibility index (Phi) is 170. The zero-order chi connectivity index (χ0) is 42.9. The highest BCUT2D eigenvalue weighted by Crippen LogP contribution is 2.09. The molecule has 297 valence electrons. The predicted molar refractivity (Wildman–Crippen MR) is 251 cm³/mol. The molecule has 4 N–H and O–H groups in total. The van der Waals surface area contributed by atoms with Crippen LogP contribution in [0.5, 0.6) is 0 Å². The van der Waals surface area contributed by atoms with Crippen LogP contribution in [-0.4, -0.2) is 134 Å². The van der Waals surface area contributed by atoms with Gasteiger partial charge in [-0.3, -0.25) is 19.6 Å². The SMILES string of the molecule is C=CC.C=CCC[OH2+].C=CCC[O][Al]([CH3])[Cl].C=O.C=[OH+].C=[OH+].CC.C[CH+]CC[O][Al-]([CH3])([CH3])[Cl].[CH3][Al-]([CH3])[Cl].[CH3][Al-]([CH3])[Cl].[CH3][Al-]([CH3])[Cl].[CH3][Al]([CH3])[Cl]. The average Bonchev–Trinajstić information content (AvgIpc) is 2.97. The minimum Gasteiger partial charge on any atom is -0.644 e. The van der Waals surface area contributed by atoms with Crippen LogP contribution in [0.4, 0.5) is 0 Å². The Morgan fingerprint density at radius 3 is 1.16 bits per heavy atom. The summed E-state index contributed by atoms with van der Waals surface area (Å²) in [5.41, 5.74) is 0. The largest absolute Gasteiger partial charge is 0.644 e. The van der Waals surface area contributed by atoms with E-state index < -0.39 is 79.0 Å². The molecule has 0 aromatic carbocycles. The van der Waals surface area contributed by atoms with Crippen molar-refractivity contribution >= 4 is 160 Å². The zero-order valence-electron chi connectivity index (χ0n) is 34.1. The van der Waals surface area contributed by atoms with Crippen molar-refractivity contribution in [3.8, 4) is 0 Å². The van der Waals surface area contributed by atoms with Crippen LogP contribution in [-0.2, 0) is 12.4 Å². The second-order valence-corrected chi connectivity index (χ2v) is 37.9. The molecule has 0 unspecified atom stereocenters. The van der Waals surface area contributed by atoms with Crippen LogP contribution < -0.4 is 0 Å². The Morgan fingerprint density at radius 1 is 0.796 bits per heavy atom. The maximum atomic E-state index is 8.00. The third kappa shape index (κ3) is 481. The molecular formula is C31H77Al6Cl6O6. The Labute approximate surface area is 357 Å². The minimum atomic E-state index is -1.99. The molecule has 0 bridgehead atoms. The van der Waals surface area contributed by atoms with Crippen LogP contribution in [0.3, 0.4) is 0 Å². The van der Waals surface area contributed by atoms with E-state index in [4.69, 9.17) is 87.4 Å². The minimum absolute atomic E-state index is 0.476. The van der Waals surface area contributed by atoms with Crippen molar-refractivity contribution in [1.82, 2.24) is 0 Å². The number of rotatable bonds is 10. The molecule has 0 amide bonds. The number of carbonyl (C=O) groups excluding carboxylic acids is 3. The van der Waals surface area contributed by atoms with Crippen molar-refractivity contribution < 1.29 is 27.1 Å². The Bertz CT molecular complexity index is 463. The van der Waals surface area contributed by atoms with E-state index in [0.717, 1.165) is 32.5 Å². The van der Waals surface area contributed by atoms with Crippen LogP contribution in [0, 0.1) is 6.42 Å². The highest BCUT2D eigenvalue weighted by atomic mass is 35.6. The summed E-state index contributed by atoms with van der Waals surface area (Å²) in [7, 11) is 33.1. The molecule has 0 aliphatic heterocycles. The van der Waals surface area contributed by atoms with E-state index >= 15 is 0 Å². The fourth-order valence-electron chi connectivity index (χ4n) is 0.882. The highest BCUT2D eigenvalue weighted by molar-refractivity contribution is 7.15. The third-order valence-corrected chi connectivity index (χ3v) is 4.42. The number of halogens is 6. The summed E-state index contributed by atoms with van der Waals surface area (Å²) in [6, 6.07) is 0. The maximum Gasteiger partial charge on any atom is 0.588 e. The molecule has 0 saturated carbocycles. The van der Waals surface area contributed by atoms with Crippen molar-refractivity contribution in [3.63, 3.8) is 0 Å². The molecule has 0 aromatic heterocycles. The van der Waals surface area contributed by atoms with E-state index in [1.807, 2.05) is 57.9 Å². The summed E-state index contributed by atoms with van der Waals surface area (Å²) in [5, 5.41) is 6.53. The lowest BCUT2D eigenvalue weighted by atomic mass is 10.4. The van der Waals surface area contributed by atoms with Crippen LogP contribution >= 0.6 is 60.3 Å². The topological polar surface area (TPSA) is 101 Å². The first-order valence-corrected chi connectivity index (χ1v) is 40.2. The van der Waals surface area contributed by atoms with Gasteiger partial charge in [-0.25, -0.2) is 44.8 Å². The van der Waals surface area contributed by atoms with Gasteiger partial charge in [0.05, 0.1) is 53.0 Å². The van der Waals surface area contributed by atoms with Crippen LogP contribution in [0.25, 0.3) is 0 Å². The maximum absolute atomic E-state index is 8.00. The van der Waals surface area contributed by atoms with Crippen molar-refractivity contribution in [1.29, 1.82) is 0 Å². The summed E-state index contributed by atoms with van der Waals surface area (Å²) in [4.78, 5) is 21.5. The average molecular weight is 921 g/mol. The predicted octanol–water partition coefficient (Wildman–Crippen LogP) is 12.3. The number of unbranched alkanes of at least 4 members (excludes halogenated alkanes) is 1. The lowest BCUT2D eigenvalue weighted by Gasteiger charge is -2.19. The molecule has 0 heterocycles. The lowest BCUT2D eigenvalue weighted by molar-refractivity contribution is -0.0980. The standard InChI is InChI=1S/2C4H8O.C4H7O.C3H6.C2H6.3CH2O.11CH3.6Al.6ClH/c3*1-2-3-4-5;1-3-2;4*1-2;;;;;;;;;;;;;;;;;;;;;;;/h2H,3-4H2,1H3;2,5H,1,3-4H2;2H,1,3-4H2;3H,1H2,2H3;1-2H3;3*1H2;11*1H3;;;;;;;6*1H/q;;-1;;;;;;;;;;;;;;;;;;;;2*+1;+2;;;;;;/p-3. The molecule has 0 atom stereocenters. The summed E-state index contributed by atoms with van der Waals surface area (Å²) < 4.78 is 10.5. The molecular weight excluding hydrogens is 843 g/mol. The van der Waals surface area contributed by atoms with Crippen molar-refractivity contribution in [3.05, 3.63) is 44.4 Å². The van der Waals surface area contributed by atoms with Crippen molar-refractivity contribution in [2.45, 2.75) is 111 Å². The number of hydrogen-bond acceptors (Lipinski definition) is 3. The van der Waals surface area contributed by atoms with Gasteiger partial charge >= 0.3 is 39.3 Å². The van der Waals surface area contributed by atoms with Gasteiger partial charge in [-0.2, -0.15) is 11.6 Å². The number of carbonyl (C=O) groups is 1. The number of hydrogen-bond donors (Lipinski definition) is 0. The summed E-state index contributed by atoms with van der Waals surface area (Å²) in [6.45, 7) is 26.8. The van der Waals surface area contributed by atoms with Crippen LogP contribution in [0.2, 0.25) is 63.6 Å².